The van der Waals surface area contributed by atoms with E-state index in [0.29, 0.717) is 6.42 Å². The van der Waals surface area contributed by atoms with Gasteiger partial charge in [0.05, 0.1) is 0 Å². The molecule has 0 radical (unpaired) electrons. The monoisotopic (exact) mass is 454 g/mol. The van der Waals surface area contributed by atoms with Gasteiger partial charge in [0.1, 0.15) is 17.6 Å². The van der Waals surface area contributed by atoms with Gasteiger partial charge in [0, 0.05) is 0 Å². The Bertz CT molecular complexity index is 650. The zero-order valence-corrected chi connectivity index (χ0v) is 21.0. The molecule has 1 aromatic carbocycles. The molecule has 0 amide bonds. The lowest BCUT2D eigenvalue weighted by Crippen LogP contribution is -2.25. The quantitative estimate of drug-likeness (QED) is 0.173. The minimum absolute atomic E-state index is 0.363. The van der Waals surface area contributed by atoms with E-state index < -0.39 is 16.2 Å². The SMILES string of the molecule is CCCCCCCCc1cc(CCCCCCCC)cc(OC(CC)CS(=O)(=O)O)c1. The number of hydrogen-bond acceptors (Lipinski definition) is 3. The second-order valence-corrected chi connectivity index (χ2v) is 10.4. The molecule has 1 rings (SSSR count). The third kappa shape index (κ3) is 14.6. The molecule has 0 aliphatic rings. The Morgan fingerprint density at radius 2 is 1.19 bits per heavy atom. The van der Waals surface area contributed by atoms with Crippen LogP contribution in [0.3, 0.4) is 0 Å². The van der Waals surface area contributed by atoms with E-state index in [4.69, 9.17) is 4.74 Å². The van der Waals surface area contributed by atoms with Gasteiger partial charge in [-0.25, -0.2) is 0 Å². The number of benzene rings is 1. The molecule has 0 fully saturated rings. The van der Waals surface area contributed by atoms with Gasteiger partial charge in [-0.1, -0.05) is 91.0 Å². The summed E-state index contributed by atoms with van der Waals surface area (Å²) in [4.78, 5) is 0. The van der Waals surface area contributed by atoms with Gasteiger partial charge in [-0.3, -0.25) is 4.55 Å². The van der Waals surface area contributed by atoms with Crippen molar-refractivity contribution < 1.29 is 17.7 Å². The van der Waals surface area contributed by atoms with E-state index in [1.54, 1.807) is 0 Å². The lowest BCUT2D eigenvalue weighted by atomic mass is 9.99. The van der Waals surface area contributed by atoms with Crippen LogP contribution in [0.1, 0.15) is 115 Å². The summed E-state index contributed by atoms with van der Waals surface area (Å²) < 4.78 is 37.8. The summed E-state index contributed by atoms with van der Waals surface area (Å²) in [7, 11) is -4.05. The van der Waals surface area contributed by atoms with Crippen LogP contribution in [0.15, 0.2) is 18.2 Å². The second kappa shape index (κ2) is 16.5. The molecule has 0 spiro atoms. The van der Waals surface area contributed by atoms with Gasteiger partial charge in [0.15, 0.2) is 0 Å². The Labute approximate surface area is 191 Å². The molecule has 0 bridgehead atoms. The largest absolute Gasteiger partial charge is 0.489 e. The molecular weight excluding hydrogens is 408 g/mol. The summed E-state index contributed by atoms with van der Waals surface area (Å²) in [5.41, 5.74) is 2.55. The maximum Gasteiger partial charge on any atom is 0.268 e. The van der Waals surface area contributed by atoms with Gasteiger partial charge in [0.25, 0.3) is 10.1 Å². The second-order valence-electron chi connectivity index (χ2n) is 8.92. The van der Waals surface area contributed by atoms with E-state index in [1.165, 1.54) is 88.2 Å². The maximum atomic E-state index is 11.3. The third-order valence-corrected chi connectivity index (χ3v) is 6.61. The van der Waals surface area contributed by atoms with Crippen molar-refractivity contribution in [2.45, 2.75) is 123 Å². The minimum Gasteiger partial charge on any atom is -0.489 e. The van der Waals surface area contributed by atoms with Crippen molar-refractivity contribution >= 4 is 10.1 Å². The topological polar surface area (TPSA) is 63.6 Å². The molecule has 0 saturated carbocycles. The standard InChI is InChI=1S/C26H46O4S/c1-4-7-9-11-13-15-17-23-19-24(18-16-14-12-10-8-5-2)21-26(20-23)30-25(6-3)22-31(27,28)29/h19-21,25H,4-18,22H2,1-3H3,(H,27,28,29). The Kier molecular flexibility index (Phi) is 14.9. The fourth-order valence-electron chi connectivity index (χ4n) is 3.97. The molecule has 1 N–H and O–H groups in total. The summed E-state index contributed by atoms with van der Waals surface area (Å²) >= 11 is 0. The Morgan fingerprint density at radius 3 is 1.61 bits per heavy atom. The highest BCUT2D eigenvalue weighted by atomic mass is 32.2. The van der Waals surface area contributed by atoms with Gasteiger partial charge < -0.3 is 4.74 Å². The van der Waals surface area contributed by atoms with E-state index in [9.17, 15) is 13.0 Å². The maximum absolute atomic E-state index is 11.3. The average molecular weight is 455 g/mol. The van der Waals surface area contributed by atoms with Crippen molar-refractivity contribution in [3.05, 3.63) is 29.3 Å². The third-order valence-electron chi connectivity index (χ3n) is 5.82. The first-order valence-corrected chi connectivity index (χ1v) is 14.2. The highest BCUT2D eigenvalue weighted by molar-refractivity contribution is 7.85. The normalized spacial score (nSPS) is 12.8. The zero-order valence-electron chi connectivity index (χ0n) is 20.2. The van der Waals surface area contributed by atoms with E-state index >= 15 is 0 Å². The summed E-state index contributed by atoms with van der Waals surface area (Å²) in [6.45, 7) is 6.36. The average Bonchev–Trinajstić information content (AvgIpc) is 2.71. The molecule has 1 unspecified atom stereocenters. The predicted octanol–water partition coefficient (Wildman–Crippen LogP) is 7.54. The van der Waals surface area contributed by atoms with Crippen molar-refractivity contribution in [2.24, 2.45) is 0 Å². The lowest BCUT2D eigenvalue weighted by Gasteiger charge is -2.18. The number of aryl methyl sites for hydroxylation is 2. The fourth-order valence-corrected chi connectivity index (χ4v) is 4.74. The van der Waals surface area contributed by atoms with Gasteiger partial charge in [-0.05, 0) is 55.4 Å². The first kappa shape index (κ1) is 28.0. The molecule has 1 atom stereocenters. The van der Waals surface area contributed by atoms with Crippen LogP contribution in [-0.2, 0) is 23.0 Å². The summed E-state index contributed by atoms with van der Waals surface area (Å²) in [6, 6.07) is 6.42. The van der Waals surface area contributed by atoms with E-state index in [0.717, 1.165) is 18.6 Å². The molecule has 180 valence electrons. The van der Waals surface area contributed by atoms with Crippen LogP contribution in [-0.4, -0.2) is 24.8 Å². The van der Waals surface area contributed by atoms with Gasteiger partial charge >= 0.3 is 0 Å². The molecule has 0 heterocycles. The highest BCUT2D eigenvalue weighted by Crippen LogP contribution is 2.23. The predicted molar refractivity (Wildman–Crippen MR) is 132 cm³/mol. The number of unbranched alkanes of at least 4 members (excludes halogenated alkanes) is 10. The van der Waals surface area contributed by atoms with Crippen LogP contribution in [0.4, 0.5) is 0 Å². The number of rotatable bonds is 19. The Balaban J connectivity index is 2.73. The first-order chi connectivity index (χ1) is 14.9. The van der Waals surface area contributed by atoms with Gasteiger partial charge in [0.2, 0.25) is 0 Å². The van der Waals surface area contributed by atoms with Crippen LogP contribution in [0, 0.1) is 0 Å². The summed E-state index contributed by atoms with van der Waals surface area (Å²) in [5.74, 6) is 0.373. The van der Waals surface area contributed by atoms with Crippen molar-refractivity contribution in [3.63, 3.8) is 0 Å². The van der Waals surface area contributed by atoms with Crippen molar-refractivity contribution in [1.82, 2.24) is 0 Å². The van der Waals surface area contributed by atoms with Gasteiger partial charge in [-0.15, -0.1) is 0 Å². The Morgan fingerprint density at radius 1 is 0.742 bits per heavy atom. The Hall–Kier alpha value is -1.07. The molecule has 4 nitrogen and oxygen atoms in total. The lowest BCUT2D eigenvalue weighted by molar-refractivity contribution is 0.216. The van der Waals surface area contributed by atoms with Crippen molar-refractivity contribution in [3.8, 4) is 5.75 Å². The summed E-state index contributed by atoms with van der Waals surface area (Å²) in [6.07, 6.45) is 17.3. The molecule has 0 aromatic heterocycles. The number of ether oxygens (including phenoxy) is 1. The van der Waals surface area contributed by atoms with E-state index in [1.807, 2.05) is 6.92 Å². The van der Waals surface area contributed by atoms with Crippen LogP contribution in [0.5, 0.6) is 5.75 Å². The summed E-state index contributed by atoms with van der Waals surface area (Å²) in [5, 5.41) is 0. The molecule has 1 aromatic rings. The van der Waals surface area contributed by atoms with Crippen LogP contribution >= 0.6 is 0 Å². The zero-order chi connectivity index (χ0) is 23.0. The minimum atomic E-state index is -4.05. The highest BCUT2D eigenvalue weighted by Gasteiger charge is 2.17. The van der Waals surface area contributed by atoms with Gasteiger partial charge in [-0.2, -0.15) is 8.42 Å². The molecular formula is C26H46O4S. The van der Waals surface area contributed by atoms with E-state index in [2.05, 4.69) is 32.0 Å². The fraction of sp³-hybridized carbons (Fsp3) is 0.769. The molecule has 5 heteroatoms. The molecule has 0 aliphatic carbocycles. The van der Waals surface area contributed by atoms with E-state index in [-0.39, 0.29) is 5.75 Å². The molecule has 0 saturated heterocycles. The van der Waals surface area contributed by atoms with Crippen molar-refractivity contribution in [1.29, 1.82) is 0 Å². The number of hydrogen-bond donors (Lipinski definition) is 1. The first-order valence-electron chi connectivity index (χ1n) is 12.6. The van der Waals surface area contributed by atoms with Crippen LogP contribution < -0.4 is 4.74 Å². The van der Waals surface area contributed by atoms with Crippen molar-refractivity contribution in [2.75, 3.05) is 5.75 Å². The molecule has 0 aliphatic heterocycles. The van der Waals surface area contributed by atoms with Crippen LogP contribution in [0.2, 0.25) is 0 Å². The molecule has 31 heavy (non-hydrogen) atoms. The smallest absolute Gasteiger partial charge is 0.268 e. The van der Waals surface area contributed by atoms with Crippen LogP contribution in [0.25, 0.3) is 0 Å².